The Hall–Kier alpha value is -1.56. The summed E-state index contributed by atoms with van der Waals surface area (Å²) in [5.41, 5.74) is 6.55. The lowest BCUT2D eigenvalue weighted by Gasteiger charge is -2.28. The van der Waals surface area contributed by atoms with Gasteiger partial charge in [-0.1, -0.05) is 0 Å². The number of rotatable bonds is 2. The molecule has 82 valence electrons. The smallest absolute Gasteiger partial charge is 0.157 e. The van der Waals surface area contributed by atoms with Gasteiger partial charge >= 0.3 is 0 Å². The second-order valence-electron chi connectivity index (χ2n) is 3.31. The van der Waals surface area contributed by atoms with Gasteiger partial charge in [-0.15, -0.1) is 0 Å². The number of morpholine rings is 1. The molecule has 15 heavy (non-hydrogen) atoms. The number of aromatic nitrogens is 2. The quantitative estimate of drug-likeness (QED) is 0.710. The molecule has 2 rings (SSSR count). The van der Waals surface area contributed by atoms with Gasteiger partial charge in [0.1, 0.15) is 12.0 Å². The Morgan fingerprint density at radius 1 is 1.40 bits per heavy atom. The molecule has 2 heterocycles. The van der Waals surface area contributed by atoms with Gasteiger partial charge in [-0.2, -0.15) is 0 Å². The lowest BCUT2D eigenvalue weighted by molar-refractivity contribution is 0.122. The van der Waals surface area contributed by atoms with E-state index < -0.39 is 0 Å². The van der Waals surface area contributed by atoms with Gasteiger partial charge in [-0.3, -0.25) is 0 Å². The van der Waals surface area contributed by atoms with Crippen molar-refractivity contribution in [3.63, 3.8) is 0 Å². The maximum Gasteiger partial charge on any atom is 0.157 e. The first-order valence-electron chi connectivity index (χ1n) is 4.94. The second kappa shape index (κ2) is 4.31. The number of nitrogens with one attached hydrogen (secondary N) is 1. The van der Waals surface area contributed by atoms with Crippen molar-refractivity contribution >= 4 is 17.3 Å². The molecule has 1 saturated heterocycles. The average molecular weight is 209 g/mol. The van der Waals surface area contributed by atoms with Gasteiger partial charge in [-0.05, 0) is 0 Å². The van der Waals surface area contributed by atoms with E-state index >= 15 is 0 Å². The van der Waals surface area contributed by atoms with Crippen LogP contribution in [0.15, 0.2) is 6.33 Å². The van der Waals surface area contributed by atoms with Crippen molar-refractivity contribution in [3.05, 3.63) is 6.33 Å². The highest BCUT2D eigenvalue weighted by Gasteiger charge is 2.16. The molecule has 0 saturated carbocycles. The van der Waals surface area contributed by atoms with Gasteiger partial charge < -0.3 is 20.7 Å². The SMILES string of the molecule is CNc1ncnc(N2CCOCC2)c1N. The number of ether oxygens (including phenoxy) is 1. The van der Waals surface area contributed by atoms with Crippen LogP contribution in [0.1, 0.15) is 0 Å². The fourth-order valence-electron chi connectivity index (χ4n) is 1.61. The topological polar surface area (TPSA) is 76.3 Å². The fourth-order valence-corrected chi connectivity index (χ4v) is 1.61. The predicted octanol–water partition coefficient (Wildman–Crippen LogP) is -0.0629. The largest absolute Gasteiger partial charge is 0.393 e. The third kappa shape index (κ3) is 1.94. The van der Waals surface area contributed by atoms with Gasteiger partial charge in [0.05, 0.1) is 13.2 Å². The highest BCUT2D eigenvalue weighted by Crippen LogP contribution is 2.25. The fraction of sp³-hybridized carbons (Fsp3) is 0.556. The van der Waals surface area contributed by atoms with Gasteiger partial charge in [0.25, 0.3) is 0 Å². The predicted molar refractivity (Wildman–Crippen MR) is 59.0 cm³/mol. The van der Waals surface area contributed by atoms with E-state index in [1.165, 1.54) is 6.33 Å². The summed E-state index contributed by atoms with van der Waals surface area (Å²) < 4.78 is 5.28. The molecule has 0 radical (unpaired) electrons. The first-order chi connectivity index (χ1) is 7.33. The summed E-state index contributed by atoms with van der Waals surface area (Å²) in [4.78, 5) is 10.4. The Kier molecular flexibility index (Phi) is 2.86. The van der Waals surface area contributed by atoms with Gasteiger partial charge in [0, 0.05) is 20.1 Å². The van der Waals surface area contributed by atoms with E-state index in [2.05, 4.69) is 20.2 Å². The Morgan fingerprint density at radius 3 is 2.80 bits per heavy atom. The van der Waals surface area contributed by atoms with E-state index in [4.69, 9.17) is 10.5 Å². The Bertz CT molecular complexity index is 337. The third-order valence-corrected chi connectivity index (χ3v) is 2.41. The maximum atomic E-state index is 5.95. The summed E-state index contributed by atoms with van der Waals surface area (Å²) in [6.45, 7) is 3.09. The third-order valence-electron chi connectivity index (χ3n) is 2.41. The standard InChI is InChI=1S/C9H15N5O/c1-11-8-7(10)9(13-6-12-8)14-2-4-15-5-3-14/h6H,2-5,10H2,1H3,(H,11,12,13). The summed E-state index contributed by atoms with van der Waals surface area (Å²) in [5, 5.41) is 2.94. The molecule has 6 heteroatoms. The molecule has 1 fully saturated rings. The summed E-state index contributed by atoms with van der Waals surface area (Å²) in [6, 6.07) is 0. The lowest BCUT2D eigenvalue weighted by Crippen LogP contribution is -2.37. The zero-order valence-corrected chi connectivity index (χ0v) is 8.73. The molecule has 0 amide bonds. The normalized spacial score (nSPS) is 16.5. The van der Waals surface area contributed by atoms with Crippen LogP contribution in [0.2, 0.25) is 0 Å². The summed E-state index contributed by atoms with van der Waals surface area (Å²) >= 11 is 0. The van der Waals surface area contributed by atoms with Crippen LogP contribution in [-0.2, 0) is 4.74 Å². The van der Waals surface area contributed by atoms with Crippen LogP contribution in [0.5, 0.6) is 0 Å². The van der Waals surface area contributed by atoms with Gasteiger partial charge in [0.2, 0.25) is 0 Å². The molecule has 6 nitrogen and oxygen atoms in total. The molecule has 1 aromatic rings. The molecule has 1 aromatic heterocycles. The lowest BCUT2D eigenvalue weighted by atomic mass is 10.3. The molecular weight excluding hydrogens is 194 g/mol. The summed E-state index contributed by atoms with van der Waals surface area (Å²) in [7, 11) is 1.79. The monoisotopic (exact) mass is 209 g/mol. The Balaban J connectivity index is 2.26. The van der Waals surface area contributed by atoms with E-state index in [0.717, 1.165) is 32.1 Å². The van der Waals surface area contributed by atoms with Crippen molar-refractivity contribution in [3.8, 4) is 0 Å². The van der Waals surface area contributed by atoms with Crippen molar-refractivity contribution in [2.45, 2.75) is 0 Å². The Labute approximate surface area is 88.5 Å². The van der Waals surface area contributed by atoms with E-state index in [-0.39, 0.29) is 0 Å². The van der Waals surface area contributed by atoms with Crippen molar-refractivity contribution < 1.29 is 4.74 Å². The molecule has 1 aliphatic heterocycles. The van der Waals surface area contributed by atoms with Crippen LogP contribution in [0.3, 0.4) is 0 Å². The molecule has 0 atom stereocenters. The first-order valence-corrected chi connectivity index (χ1v) is 4.94. The minimum atomic E-state index is 0.599. The maximum absolute atomic E-state index is 5.95. The zero-order valence-electron chi connectivity index (χ0n) is 8.73. The van der Waals surface area contributed by atoms with Crippen molar-refractivity contribution in [1.29, 1.82) is 0 Å². The van der Waals surface area contributed by atoms with Crippen LogP contribution in [0.25, 0.3) is 0 Å². The van der Waals surface area contributed by atoms with Crippen LogP contribution in [-0.4, -0.2) is 43.3 Å². The van der Waals surface area contributed by atoms with Crippen LogP contribution < -0.4 is 16.0 Å². The molecule has 0 unspecified atom stereocenters. The molecular formula is C9H15N5O. The number of anilines is 3. The summed E-state index contributed by atoms with van der Waals surface area (Å²) in [5.74, 6) is 1.46. The van der Waals surface area contributed by atoms with Crippen molar-refractivity contribution in [2.75, 3.05) is 49.3 Å². The molecule has 0 aromatic carbocycles. The molecule has 0 spiro atoms. The molecule has 1 aliphatic rings. The van der Waals surface area contributed by atoms with E-state index in [0.29, 0.717) is 11.5 Å². The minimum absolute atomic E-state index is 0.599. The number of hydrogen-bond donors (Lipinski definition) is 2. The second-order valence-corrected chi connectivity index (χ2v) is 3.31. The average Bonchev–Trinajstić information content (AvgIpc) is 2.30. The Morgan fingerprint density at radius 2 is 2.13 bits per heavy atom. The van der Waals surface area contributed by atoms with Crippen LogP contribution >= 0.6 is 0 Å². The van der Waals surface area contributed by atoms with E-state index in [1.807, 2.05) is 0 Å². The van der Waals surface area contributed by atoms with Gasteiger partial charge in [0.15, 0.2) is 11.6 Å². The number of nitrogen functional groups attached to an aromatic ring is 1. The highest BCUT2D eigenvalue weighted by molar-refractivity contribution is 5.74. The number of hydrogen-bond acceptors (Lipinski definition) is 6. The van der Waals surface area contributed by atoms with Crippen LogP contribution in [0, 0.1) is 0 Å². The zero-order chi connectivity index (χ0) is 10.7. The number of nitrogens with zero attached hydrogens (tertiary/aromatic N) is 3. The van der Waals surface area contributed by atoms with Crippen LogP contribution in [0.4, 0.5) is 17.3 Å². The minimum Gasteiger partial charge on any atom is -0.393 e. The number of nitrogens with two attached hydrogens (primary N) is 1. The van der Waals surface area contributed by atoms with Crippen molar-refractivity contribution in [2.24, 2.45) is 0 Å². The van der Waals surface area contributed by atoms with E-state index in [1.54, 1.807) is 7.05 Å². The van der Waals surface area contributed by atoms with E-state index in [9.17, 15) is 0 Å². The molecule has 3 N–H and O–H groups in total. The first kappa shape index (κ1) is 9.97. The molecule has 0 bridgehead atoms. The van der Waals surface area contributed by atoms with Crippen molar-refractivity contribution in [1.82, 2.24) is 9.97 Å². The highest BCUT2D eigenvalue weighted by atomic mass is 16.5. The molecule has 0 aliphatic carbocycles. The van der Waals surface area contributed by atoms with Gasteiger partial charge in [-0.25, -0.2) is 9.97 Å². The summed E-state index contributed by atoms with van der Waals surface area (Å²) in [6.07, 6.45) is 1.52.